The van der Waals surface area contributed by atoms with Gasteiger partial charge in [0, 0.05) is 40.9 Å². The zero-order valence-electron chi connectivity index (χ0n) is 17.5. The molecule has 7 heteroatoms. The maximum absolute atomic E-state index is 13.1. The average molecular weight is 498 g/mol. The molecule has 1 unspecified atom stereocenters. The van der Waals surface area contributed by atoms with Crippen LogP contribution in [-0.4, -0.2) is 16.0 Å². The number of carbonyl (C=O) groups is 1. The SMILES string of the molecule is N#Cc1cccc(NC(=O)NC(c2cccc(Br)c2)C(c2cccnc2)c2cccnc2)c1. The van der Waals surface area contributed by atoms with Gasteiger partial charge in [-0.1, -0.05) is 46.3 Å². The Morgan fingerprint density at radius 2 is 1.55 bits per heavy atom. The molecule has 0 saturated heterocycles. The van der Waals surface area contributed by atoms with Crippen molar-refractivity contribution in [3.63, 3.8) is 0 Å². The molecule has 2 aromatic carbocycles. The van der Waals surface area contributed by atoms with Gasteiger partial charge in [0.05, 0.1) is 17.7 Å². The fourth-order valence-electron chi connectivity index (χ4n) is 3.73. The van der Waals surface area contributed by atoms with E-state index in [1.54, 1.807) is 49.1 Å². The smallest absolute Gasteiger partial charge is 0.319 e. The van der Waals surface area contributed by atoms with Crippen LogP contribution < -0.4 is 10.6 Å². The second kappa shape index (κ2) is 10.5. The van der Waals surface area contributed by atoms with E-state index < -0.39 is 6.04 Å². The second-order valence-corrected chi connectivity index (χ2v) is 8.29. The molecule has 0 spiro atoms. The summed E-state index contributed by atoms with van der Waals surface area (Å²) >= 11 is 3.54. The van der Waals surface area contributed by atoms with Gasteiger partial charge in [-0.15, -0.1) is 0 Å². The molecule has 0 aliphatic rings. The molecule has 0 bridgehead atoms. The zero-order valence-corrected chi connectivity index (χ0v) is 19.1. The van der Waals surface area contributed by atoms with E-state index in [0.29, 0.717) is 11.3 Å². The fraction of sp³-hybridized carbons (Fsp3) is 0.0769. The quantitative estimate of drug-likeness (QED) is 0.351. The van der Waals surface area contributed by atoms with Crippen molar-refractivity contribution in [2.24, 2.45) is 0 Å². The second-order valence-electron chi connectivity index (χ2n) is 7.37. The Morgan fingerprint density at radius 1 is 0.879 bits per heavy atom. The van der Waals surface area contributed by atoms with Crippen LogP contribution in [0.5, 0.6) is 0 Å². The summed E-state index contributed by atoms with van der Waals surface area (Å²) in [4.78, 5) is 21.7. The molecule has 4 rings (SSSR count). The lowest BCUT2D eigenvalue weighted by Crippen LogP contribution is -2.36. The molecule has 4 aromatic rings. The first kappa shape index (κ1) is 22.2. The number of carbonyl (C=O) groups excluding carboxylic acids is 1. The van der Waals surface area contributed by atoms with Crippen LogP contribution in [0.15, 0.2) is 102 Å². The van der Waals surface area contributed by atoms with Gasteiger partial charge in [-0.2, -0.15) is 5.26 Å². The van der Waals surface area contributed by atoms with Crippen LogP contribution >= 0.6 is 15.9 Å². The highest BCUT2D eigenvalue weighted by atomic mass is 79.9. The number of urea groups is 1. The predicted octanol–water partition coefficient (Wildman–Crippen LogP) is 5.81. The number of halogens is 1. The maximum Gasteiger partial charge on any atom is 0.319 e. The van der Waals surface area contributed by atoms with Gasteiger partial charge in [0.1, 0.15) is 0 Å². The van der Waals surface area contributed by atoms with Gasteiger partial charge in [-0.05, 0) is 59.2 Å². The number of amides is 2. The molecule has 162 valence electrons. The van der Waals surface area contributed by atoms with Crippen molar-refractivity contribution >= 4 is 27.6 Å². The van der Waals surface area contributed by atoms with Crippen LogP contribution in [0.2, 0.25) is 0 Å². The van der Waals surface area contributed by atoms with E-state index >= 15 is 0 Å². The molecule has 0 fully saturated rings. The highest BCUT2D eigenvalue weighted by Gasteiger charge is 2.29. The first-order chi connectivity index (χ1) is 16.1. The van der Waals surface area contributed by atoms with Gasteiger partial charge < -0.3 is 10.6 Å². The van der Waals surface area contributed by atoms with E-state index in [1.165, 1.54) is 0 Å². The van der Waals surface area contributed by atoms with Gasteiger partial charge in [-0.3, -0.25) is 9.97 Å². The number of anilines is 1. The lowest BCUT2D eigenvalue weighted by molar-refractivity contribution is 0.247. The molecule has 2 amide bonds. The summed E-state index contributed by atoms with van der Waals surface area (Å²) in [5, 5.41) is 15.1. The van der Waals surface area contributed by atoms with Crippen molar-refractivity contribution in [1.82, 2.24) is 15.3 Å². The van der Waals surface area contributed by atoms with Gasteiger partial charge in [-0.25, -0.2) is 4.79 Å². The van der Waals surface area contributed by atoms with Gasteiger partial charge in [0.25, 0.3) is 0 Å². The summed E-state index contributed by atoms with van der Waals surface area (Å²) in [6.45, 7) is 0. The van der Waals surface area contributed by atoms with Gasteiger partial charge in [0.15, 0.2) is 0 Å². The number of aromatic nitrogens is 2. The number of benzene rings is 2. The van der Waals surface area contributed by atoms with Gasteiger partial charge >= 0.3 is 6.03 Å². The van der Waals surface area contributed by atoms with Crippen LogP contribution in [0.4, 0.5) is 10.5 Å². The molecule has 1 atom stereocenters. The van der Waals surface area contributed by atoms with Crippen LogP contribution in [0.1, 0.15) is 34.2 Å². The number of hydrogen-bond donors (Lipinski definition) is 2. The summed E-state index contributed by atoms with van der Waals surface area (Å²) in [6, 6.07) is 23.7. The normalized spacial score (nSPS) is 11.4. The molecule has 0 aliphatic heterocycles. The fourth-order valence-corrected chi connectivity index (χ4v) is 4.15. The van der Waals surface area contributed by atoms with E-state index in [1.807, 2.05) is 48.5 Å². The minimum absolute atomic E-state index is 0.238. The van der Waals surface area contributed by atoms with E-state index in [0.717, 1.165) is 21.2 Å². The molecule has 33 heavy (non-hydrogen) atoms. The third-order valence-corrected chi connectivity index (χ3v) is 5.66. The van der Waals surface area contributed by atoms with Crippen molar-refractivity contribution in [2.45, 2.75) is 12.0 Å². The lowest BCUT2D eigenvalue weighted by atomic mass is 9.83. The van der Waals surface area contributed by atoms with Crippen LogP contribution in [0, 0.1) is 11.3 Å². The molecule has 6 nitrogen and oxygen atoms in total. The first-order valence-corrected chi connectivity index (χ1v) is 11.1. The van der Waals surface area contributed by atoms with Crippen LogP contribution in [-0.2, 0) is 0 Å². The Morgan fingerprint density at radius 3 is 2.15 bits per heavy atom. The molecular weight excluding hydrogens is 478 g/mol. The standard InChI is InChI=1S/C26H20BrN5O/c27-22-9-2-6-19(14-22)25(32-26(33)31-23-10-1-5-18(13-23)15-28)24(20-7-3-11-29-16-20)21-8-4-12-30-17-21/h1-14,16-17,24-25H,(H2,31,32,33). The largest absolute Gasteiger partial charge is 0.330 e. The Hall–Kier alpha value is -4.02. The summed E-state index contributed by atoms with van der Waals surface area (Å²) in [6.07, 6.45) is 7.05. The Kier molecular flexibility index (Phi) is 7.08. The molecule has 0 saturated carbocycles. The third-order valence-electron chi connectivity index (χ3n) is 5.16. The maximum atomic E-state index is 13.1. The molecular formula is C26H20BrN5O. The van der Waals surface area contributed by atoms with Crippen LogP contribution in [0.25, 0.3) is 0 Å². The molecule has 2 heterocycles. The number of nitriles is 1. The van der Waals surface area contributed by atoms with Crippen molar-refractivity contribution in [3.8, 4) is 6.07 Å². The Bertz CT molecular complexity index is 1240. The number of rotatable bonds is 6. The number of nitrogens with one attached hydrogen (secondary N) is 2. The molecule has 2 aromatic heterocycles. The Labute approximate surface area is 200 Å². The summed E-state index contributed by atoms with van der Waals surface area (Å²) in [7, 11) is 0. The molecule has 0 aliphatic carbocycles. The summed E-state index contributed by atoms with van der Waals surface area (Å²) < 4.78 is 0.907. The summed E-state index contributed by atoms with van der Waals surface area (Å²) in [5.74, 6) is -0.238. The zero-order chi connectivity index (χ0) is 23.0. The minimum Gasteiger partial charge on any atom is -0.330 e. The Balaban J connectivity index is 1.73. The number of nitrogens with zero attached hydrogens (tertiary/aromatic N) is 3. The van der Waals surface area contributed by atoms with Gasteiger partial charge in [0.2, 0.25) is 0 Å². The third kappa shape index (κ3) is 5.62. The highest BCUT2D eigenvalue weighted by molar-refractivity contribution is 9.10. The number of hydrogen-bond acceptors (Lipinski definition) is 4. The van der Waals surface area contributed by atoms with Crippen molar-refractivity contribution < 1.29 is 4.79 Å². The highest BCUT2D eigenvalue weighted by Crippen LogP contribution is 2.37. The van der Waals surface area contributed by atoms with E-state index in [2.05, 4.69) is 42.6 Å². The topological polar surface area (TPSA) is 90.7 Å². The van der Waals surface area contributed by atoms with E-state index in [-0.39, 0.29) is 11.9 Å². The van der Waals surface area contributed by atoms with Crippen LogP contribution in [0.3, 0.4) is 0 Å². The minimum atomic E-state index is -0.421. The molecule has 0 radical (unpaired) electrons. The van der Waals surface area contributed by atoms with Crippen molar-refractivity contribution in [1.29, 1.82) is 5.26 Å². The summed E-state index contributed by atoms with van der Waals surface area (Å²) in [5.41, 5.74) is 3.83. The lowest BCUT2D eigenvalue weighted by Gasteiger charge is -2.29. The number of pyridine rings is 2. The van der Waals surface area contributed by atoms with E-state index in [9.17, 15) is 4.79 Å². The van der Waals surface area contributed by atoms with E-state index in [4.69, 9.17) is 5.26 Å². The van der Waals surface area contributed by atoms with Crippen molar-refractivity contribution in [2.75, 3.05) is 5.32 Å². The monoisotopic (exact) mass is 497 g/mol. The average Bonchev–Trinajstić information content (AvgIpc) is 2.85. The van der Waals surface area contributed by atoms with Crippen molar-refractivity contribution in [3.05, 3.63) is 124 Å². The molecule has 2 N–H and O–H groups in total. The predicted molar refractivity (Wildman–Crippen MR) is 131 cm³/mol. The first-order valence-electron chi connectivity index (χ1n) is 10.3.